The van der Waals surface area contributed by atoms with Gasteiger partial charge in [0.15, 0.2) is 0 Å². The van der Waals surface area contributed by atoms with E-state index in [1.165, 1.54) is 141 Å². The number of ether oxygens (including phenoxy) is 1. The zero-order valence-corrected chi connectivity index (χ0v) is 25.3. The Kier molecular flexibility index (Phi) is 38.2. The molecule has 0 bridgehead atoms. The summed E-state index contributed by atoms with van der Waals surface area (Å²) in [5.41, 5.74) is 0. The molecule has 7 heteroatoms. The van der Waals surface area contributed by atoms with Crippen LogP contribution in [-0.2, 0) is 15.1 Å². The topological polar surface area (TPSA) is 83.8 Å². The van der Waals surface area contributed by atoms with Crippen molar-refractivity contribution >= 4 is 10.4 Å². The van der Waals surface area contributed by atoms with E-state index in [9.17, 15) is 0 Å². The fraction of sp³-hybridized carbons (Fsp3) is 1.00. The Morgan fingerprint density at radius 1 is 0.485 bits per heavy atom. The molecule has 0 spiro atoms. The third-order valence-corrected chi connectivity index (χ3v) is 5.78. The first kappa shape index (κ1) is 38.4. The van der Waals surface area contributed by atoms with Crippen molar-refractivity contribution in [3.05, 3.63) is 0 Å². The molecule has 0 aromatic heterocycles. The van der Waals surface area contributed by atoms with Crippen LogP contribution in [0.15, 0.2) is 0 Å². The maximum absolute atomic E-state index is 8.74. The molecule has 0 fully saturated rings. The van der Waals surface area contributed by atoms with Gasteiger partial charge < -0.3 is 6.16 Å². The fourth-order valence-electron chi connectivity index (χ4n) is 3.84. The van der Waals surface area contributed by atoms with E-state index < -0.39 is 10.4 Å². The maximum Gasteiger partial charge on any atom is 1.00 e. The Labute approximate surface area is 231 Å². The molecule has 0 aromatic rings. The van der Waals surface area contributed by atoms with Crippen molar-refractivity contribution < 1.29 is 53.2 Å². The molecule has 0 aromatic carbocycles. The van der Waals surface area contributed by atoms with Crippen molar-refractivity contribution in [3.8, 4) is 0 Å². The zero-order valence-electron chi connectivity index (χ0n) is 23.5. The second kappa shape index (κ2) is 32.8. The summed E-state index contributed by atoms with van der Waals surface area (Å²) in [5, 5.41) is 0. The van der Waals surface area contributed by atoms with Gasteiger partial charge in [0.1, 0.15) is 0 Å². The van der Waals surface area contributed by atoms with Crippen molar-refractivity contribution in [2.75, 3.05) is 13.2 Å². The van der Waals surface area contributed by atoms with Crippen LogP contribution < -0.4 is 29.6 Å². The first-order valence-electron chi connectivity index (χ1n) is 13.7. The molecule has 0 aliphatic rings. The molecule has 2 N–H and O–H groups in total. The van der Waals surface area contributed by atoms with Gasteiger partial charge in [0.25, 0.3) is 0 Å². The Balaban J connectivity index is -0.000000578. The van der Waals surface area contributed by atoms with Gasteiger partial charge in [0, 0.05) is 13.2 Å². The number of rotatable bonds is 24. The van der Waals surface area contributed by atoms with E-state index in [0.717, 1.165) is 13.2 Å². The van der Waals surface area contributed by atoms with Crippen molar-refractivity contribution in [1.29, 1.82) is 0 Å². The van der Waals surface area contributed by atoms with Gasteiger partial charge in [-0.15, -0.1) is 0 Å². The van der Waals surface area contributed by atoms with E-state index in [4.69, 9.17) is 22.3 Å². The first-order chi connectivity index (χ1) is 15.4. The minimum absolute atomic E-state index is 0. The summed E-state index contributed by atoms with van der Waals surface area (Å²) in [5.74, 6) is 0. The van der Waals surface area contributed by atoms with Gasteiger partial charge in [0.05, 0.1) is 0 Å². The molecule has 198 valence electrons. The van der Waals surface area contributed by atoms with Crippen LogP contribution in [0.4, 0.5) is 0 Å². The second-order valence-corrected chi connectivity index (χ2v) is 10.0. The van der Waals surface area contributed by atoms with Crippen molar-refractivity contribution in [2.24, 2.45) is 0 Å². The molecule has 0 saturated carbocycles. The van der Waals surface area contributed by atoms with E-state index in [2.05, 4.69) is 13.8 Å². The standard InChI is InChI=1S/C26H54O.Na.H2O4S.H/c1-3-5-7-9-11-13-15-17-19-21-23-25-27-26-24-22-20-18-16-14-12-10-8-6-4-2;;1-5(2,3)4;/h3-26H2,1-2H3;;(H2,1,2,3,4);/q;+1;;-1. The van der Waals surface area contributed by atoms with Crippen LogP contribution in [0.25, 0.3) is 0 Å². The molecule has 0 aliphatic heterocycles. The van der Waals surface area contributed by atoms with Gasteiger partial charge in [-0.1, -0.05) is 142 Å². The van der Waals surface area contributed by atoms with Gasteiger partial charge >= 0.3 is 40.0 Å². The molecule has 5 nitrogen and oxygen atoms in total. The van der Waals surface area contributed by atoms with Gasteiger partial charge in [-0.25, -0.2) is 0 Å². The van der Waals surface area contributed by atoms with Gasteiger partial charge in [-0.2, -0.15) is 8.42 Å². The van der Waals surface area contributed by atoms with Crippen molar-refractivity contribution in [2.45, 2.75) is 155 Å². The van der Waals surface area contributed by atoms with Crippen LogP contribution in [0.3, 0.4) is 0 Å². The molecule has 0 rings (SSSR count). The summed E-state index contributed by atoms with van der Waals surface area (Å²) in [6.07, 6.45) is 31.1. The molecule has 0 amide bonds. The summed E-state index contributed by atoms with van der Waals surface area (Å²) in [4.78, 5) is 0. The monoisotopic (exact) mass is 504 g/mol. The molecule has 0 saturated heterocycles. The minimum Gasteiger partial charge on any atom is -1.00 e. The van der Waals surface area contributed by atoms with Crippen LogP contribution in [-0.4, -0.2) is 30.7 Å². The molecular formula is C26H57NaO5S. The normalized spacial score (nSPS) is 11.0. The van der Waals surface area contributed by atoms with E-state index in [0.29, 0.717) is 0 Å². The quantitative estimate of drug-likeness (QED) is 0.0944. The smallest absolute Gasteiger partial charge is 1.00 e. The molecule has 33 heavy (non-hydrogen) atoms. The summed E-state index contributed by atoms with van der Waals surface area (Å²) in [7, 11) is -4.67. The minimum atomic E-state index is -4.67. The van der Waals surface area contributed by atoms with Crippen LogP contribution in [0.2, 0.25) is 0 Å². The summed E-state index contributed by atoms with van der Waals surface area (Å²) in [6.45, 7) is 6.58. The summed E-state index contributed by atoms with van der Waals surface area (Å²) >= 11 is 0. The number of hydrogen-bond acceptors (Lipinski definition) is 3. The molecule has 0 aliphatic carbocycles. The van der Waals surface area contributed by atoms with Crippen LogP contribution in [0, 0.1) is 0 Å². The predicted molar refractivity (Wildman–Crippen MR) is 139 cm³/mol. The summed E-state index contributed by atoms with van der Waals surface area (Å²) in [6, 6.07) is 0. The third-order valence-electron chi connectivity index (χ3n) is 5.78. The zero-order chi connectivity index (χ0) is 24.2. The van der Waals surface area contributed by atoms with E-state index in [-0.39, 0.29) is 31.0 Å². The van der Waals surface area contributed by atoms with Crippen molar-refractivity contribution in [1.82, 2.24) is 0 Å². The Hall–Kier alpha value is 0.830. The molecule has 0 unspecified atom stereocenters. The van der Waals surface area contributed by atoms with Crippen molar-refractivity contribution in [3.63, 3.8) is 0 Å². The van der Waals surface area contributed by atoms with Gasteiger partial charge in [-0.05, 0) is 12.8 Å². The Morgan fingerprint density at radius 2 is 0.667 bits per heavy atom. The predicted octanol–water partition coefficient (Wildman–Crippen LogP) is 6.09. The molecule has 0 heterocycles. The average Bonchev–Trinajstić information content (AvgIpc) is 2.73. The van der Waals surface area contributed by atoms with Crippen LogP contribution in [0.5, 0.6) is 0 Å². The summed E-state index contributed by atoms with van der Waals surface area (Å²) < 4.78 is 37.4. The van der Waals surface area contributed by atoms with Gasteiger partial charge in [-0.3, -0.25) is 9.11 Å². The maximum atomic E-state index is 8.74. The average molecular weight is 505 g/mol. The Bertz CT molecular complexity index is 407. The van der Waals surface area contributed by atoms with E-state index >= 15 is 0 Å². The molecule has 0 radical (unpaired) electrons. The van der Waals surface area contributed by atoms with E-state index in [1.54, 1.807) is 0 Å². The largest absolute Gasteiger partial charge is 1.00 e. The molecule has 0 atom stereocenters. The van der Waals surface area contributed by atoms with Crippen LogP contribution >= 0.6 is 0 Å². The SMILES string of the molecule is CCCCCCCCCCCCCOCCCCCCCCCCCCC.O=S(=O)(O)O.[H-].[Na+]. The van der Waals surface area contributed by atoms with E-state index in [1.807, 2.05) is 0 Å². The van der Waals surface area contributed by atoms with Gasteiger partial charge in [0.2, 0.25) is 0 Å². The fourth-order valence-corrected chi connectivity index (χ4v) is 3.84. The second-order valence-electron chi connectivity index (χ2n) is 9.13. The van der Waals surface area contributed by atoms with Crippen LogP contribution in [0.1, 0.15) is 157 Å². The third kappa shape index (κ3) is 50.6. The first-order valence-corrected chi connectivity index (χ1v) is 15.1. The molecular weight excluding hydrogens is 447 g/mol. The Morgan fingerprint density at radius 3 is 0.879 bits per heavy atom. The number of unbranched alkanes of at least 4 members (excludes halogenated alkanes) is 20. The number of hydrogen-bond donors (Lipinski definition) is 2.